The lowest BCUT2D eigenvalue weighted by Crippen LogP contribution is -2.76. The molecular formula is C39H24N4O+2. The molecule has 204 valence electrons. The second-order valence-electron chi connectivity index (χ2n) is 11.9. The molecule has 5 aromatic carbocycles. The number of hydrogen-bond acceptors (Lipinski definition) is 1. The zero-order chi connectivity index (χ0) is 28.6. The van der Waals surface area contributed by atoms with Crippen LogP contribution in [0.5, 0.6) is 11.6 Å². The van der Waals surface area contributed by atoms with Crippen LogP contribution in [0.3, 0.4) is 0 Å². The van der Waals surface area contributed by atoms with Crippen molar-refractivity contribution in [3.05, 3.63) is 157 Å². The highest BCUT2D eigenvalue weighted by molar-refractivity contribution is 6.12. The normalized spacial score (nSPS) is 16.5. The summed E-state index contributed by atoms with van der Waals surface area (Å²) in [6.45, 7) is 0. The predicted molar refractivity (Wildman–Crippen MR) is 169 cm³/mol. The molecule has 1 unspecified atom stereocenters. The van der Waals surface area contributed by atoms with Gasteiger partial charge in [-0.15, -0.1) is 4.68 Å². The van der Waals surface area contributed by atoms with E-state index in [2.05, 4.69) is 164 Å². The van der Waals surface area contributed by atoms with Crippen LogP contribution >= 0.6 is 0 Å². The van der Waals surface area contributed by atoms with Crippen molar-refractivity contribution in [2.75, 3.05) is 0 Å². The van der Waals surface area contributed by atoms with E-state index in [1.54, 1.807) is 0 Å². The highest BCUT2D eigenvalue weighted by atomic mass is 16.5. The van der Waals surface area contributed by atoms with Crippen LogP contribution in [0.1, 0.15) is 11.1 Å². The molecule has 0 bridgehead atoms. The van der Waals surface area contributed by atoms with Crippen LogP contribution in [0.2, 0.25) is 0 Å². The standard InChI is InChI=1S/C39H24N4O/c1-2-9-25(10-3-1)26-16-18-27(19-17-26)28-23-41-32-21-20-30-29-11-4-5-12-31(29)43-33-13-8-14-34-36(33)39(42(41)24-28,37(32)38(30)43)40-22-7-6-15-35(40)44-34/h1-24H/q+2. The number of aromatic nitrogens is 4. The van der Waals surface area contributed by atoms with Gasteiger partial charge >= 0.3 is 11.5 Å². The maximum Gasteiger partial charge on any atom is 0.449 e. The average molecular weight is 565 g/mol. The van der Waals surface area contributed by atoms with Crippen molar-refractivity contribution in [1.29, 1.82) is 0 Å². The Kier molecular flexibility index (Phi) is 3.97. The maximum atomic E-state index is 6.66. The minimum Gasteiger partial charge on any atom is -0.404 e. The van der Waals surface area contributed by atoms with Crippen LogP contribution < -0.4 is 14.0 Å². The van der Waals surface area contributed by atoms with Crippen molar-refractivity contribution in [2.24, 2.45) is 0 Å². The van der Waals surface area contributed by atoms with Gasteiger partial charge in [-0.05, 0) is 57.8 Å². The van der Waals surface area contributed by atoms with Crippen molar-refractivity contribution in [3.63, 3.8) is 0 Å². The second-order valence-corrected chi connectivity index (χ2v) is 11.9. The molecule has 3 aliphatic heterocycles. The van der Waals surface area contributed by atoms with Gasteiger partial charge in [0.25, 0.3) is 0 Å². The molecule has 5 nitrogen and oxygen atoms in total. The third kappa shape index (κ3) is 2.50. The Bertz CT molecular complexity index is 2520. The quantitative estimate of drug-likeness (QED) is 0.200. The Hall–Kier alpha value is -5.94. The molecule has 0 saturated heterocycles. The molecular weight excluding hydrogens is 540 g/mol. The summed E-state index contributed by atoms with van der Waals surface area (Å²) in [5.74, 6) is 1.71. The van der Waals surface area contributed by atoms with E-state index in [4.69, 9.17) is 4.74 Å². The fourth-order valence-corrected chi connectivity index (χ4v) is 8.06. The summed E-state index contributed by atoms with van der Waals surface area (Å²) in [5.41, 5.74) is 11.3. The molecule has 44 heavy (non-hydrogen) atoms. The molecule has 8 aromatic rings. The van der Waals surface area contributed by atoms with Crippen LogP contribution in [0.4, 0.5) is 0 Å². The lowest BCUT2D eigenvalue weighted by molar-refractivity contribution is -0.997. The Labute approximate surface area is 252 Å². The van der Waals surface area contributed by atoms with Gasteiger partial charge in [0, 0.05) is 16.8 Å². The number of pyridine rings is 1. The van der Waals surface area contributed by atoms with Gasteiger partial charge in [0.05, 0.1) is 34.5 Å². The van der Waals surface area contributed by atoms with Gasteiger partial charge in [0.1, 0.15) is 5.69 Å². The molecule has 6 heterocycles. The first-order chi connectivity index (χ1) is 21.8. The van der Waals surface area contributed by atoms with Gasteiger partial charge in [-0.2, -0.15) is 0 Å². The van der Waals surface area contributed by atoms with Crippen molar-refractivity contribution in [1.82, 2.24) is 9.25 Å². The number of benzene rings is 5. The molecule has 0 radical (unpaired) electrons. The zero-order valence-electron chi connectivity index (χ0n) is 23.6. The topological polar surface area (TPSA) is 26.8 Å². The summed E-state index contributed by atoms with van der Waals surface area (Å²) in [6, 6.07) is 45.5. The zero-order valence-corrected chi connectivity index (χ0v) is 23.6. The van der Waals surface area contributed by atoms with Crippen molar-refractivity contribution < 1.29 is 14.0 Å². The molecule has 3 aromatic heterocycles. The minimum atomic E-state index is -0.664. The van der Waals surface area contributed by atoms with E-state index in [9.17, 15) is 0 Å². The maximum absolute atomic E-state index is 6.66. The van der Waals surface area contributed by atoms with E-state index < -0.39 is 5.66 Å². The predicted octanol–water partition coefficient (Wildman–Crippen LogP) is 7.51. The highest BCUT2D eigenvalue weighted by Gasteiger charge is 2.70. The van der Waals surface area contributed by atoms with E-state index in [0.29, 0.717) is 0 Å². The summed E-state index contributed by atoms with van der Waals surface area (Å²) >= 11 is 0. The summed E-state index contributed by atoms with van der Waals surface area (Å²) < 4.78 is 16.2. The van der Waals surface area contributed by atoms with Crippen LogP contribution in [0, 0.1) is 0 Å². The summed E-state index contributed by atoms with van der Waals surface area (Å²) in [6.07, 6.45) is 6.77. The molecule has 0 aliphatic carbocycles. The minimum absolute atomic E-state index is 0.664. The molecule has 0 amide bonds. The second kappa shape index (κ2) is 7.71. The largest absolute Gasteiger partial charge is 0.449 e. The molecule has 3 aliphatic rings. The third-order valence-electron chi connectivity index (χ3n) is 9.80. The first kappa shape index (κ1) is 22.6. The van der Waals surface area contributed by atoms with Crippen LogP contribution in [0.25, 0.3) is 55.4 Å². The van der Waals surface area contributed by atoms with E-state index in [1.807, 2.05) is 0 Å². The van der Waals surface area contributed by atoms with Crippen LogP contribution in [-0.2, 0) is 5.66 Å². The van der Waals surface area contributed by atoms with E-state index in [1.165, 1.54) is 55.3 Å². The number of rotatable bonds is 2. The number of hydrogen-bond donors (Lipinski definition) is 0. The lowest BCUT2D eigenvalue weighted by atomic mass is 9.83. The van der Waals surface area contributed by atoms with Gasteiger partial charge in [-0.25, -0.2) is 0 Å². The number of ether oxygens (including phenoxy) is 1. The summed E-state index contributed by atoms with van der Waals surface area (Å²) in [7, 11) is 0. The monoisotopic (exact) mass is 564 g/mol. The lowest BCUT2D eigenvalue weighted by Gasteiger charge is -2.31. The first-order valence-corrected chi connectivity index (χ1v) is 15.0. The molecule has 0 fully saturated rings. The fourth-order valence-electron chi connectivity index (χ4n) is 8.06. The number of para-hydroxylation sites is 1. The van der Waals surface area contributed by atoms with E-state index in [0.717, 1.165) is 22.9 Å². The van der Waals surface area contributed by atoms with Gasteiger partial charge in [0.2, 0.25) is 6.20 Å². The fraction of sp³-hybridized carbons (Fsp3) is 0.0256. The molecule has 0 saturated carbocycles. The van der Waals surface area contributed by atoms with Gasteiger partial charge in [-0.1, -0.05) is 83.4 Å². The summed E-state index contributed by atoms with van der Waals surface area (Å²) in [4.78, 5) is 0. The van der Waals surface area contributed by atoms with Gasteiger partial charge in [-0.3, -0.25) is 0 Å². The molecule has 11 rings (SSSR count). The SMILES string of the molecule is c1ccc(-c2ccc(-c3cn4[n+](c3)C35c6c(cccc6-n6c7ccccc7c7ccc-4c3c76)Oc3cccc[n+]35)cc2)cc1. The third-order valence-corrected chi connectivity index (χ3v) is 9.80. The number of fused-ring (bicyclic) bond motifs is 7. The molecule has 0 N–H and O–H groups in total. The highest BCUT2D eigenvalue weighted by Crippen LogP contribution is 2.54. The van der Waals surface area contributed by atoms with E-state index >= 15 is 0 Å². The first-order valence-electron chi connectivity index (χ1n) is 15.0. The van der Waals surface area contributed by atoms with Gasteiger partial charge < -0.3 is 9.30 Å². The smallest absolute Gasteiger partial charge is 0.404 e. The van der Waals surface area contributed by atoms with Crippen molar-refractivity contribution >= 4 is 21.8 Å². The van der Waals surface area contributed by atoms with Crippen molar-refractivity contribution in [3.8, 4) is 45.3 Å². The van der Waals surface area contributed by atoms with E-state index in [-0.39, 0.29) is 0 Å². The van der Waals surface area contributed by atoms with Gasteiger partial charge in [0.15, 0.2) is 23.1 Å². The van der Waals surface area contributed by atoms with Crippen molar-refractivity contribution in [2.45, 2.75) is 5.66 Å². The Morgan fingerprint density at radius 2 is 1.34 bits per heavy atom. The number of nitrogens with zero attached hydrogens (tertiary/aromatic N) is 4. The summed E-state index contributed by atoms with van der Waals surface area (Å²) in [5, 5.41) is 2.53. The Morgan fingerprint density at radius 1 is 0.568 bits per heavy atom. The van der Waals surface area contributed by atoms with Crippen LogP contribution in [-0.4, -0.2) is 9.25 Å². The molecule has 5 heteroatoms. The Morgan fingerprint density at radius 3 is 2.23 bits per heavy atom. The average Bonchev–Trinajstić information content (AvgIpc) is 3.75. The van der Waals surface area contributed by atoms with Crippen LogP contribution in [0.15, 0.2) is 146 Å². The Balaban J connectivity index is 1.26. The molecule has 1 spiro atoms. The molecule has 1 atom stereocenters.